The molecule has 6 rings (SSSR count). The first-order chi connectivity index (χ1) is 16.0. The monoisotopic (exact) mass is 533 g/mol. The summed E-state index contributed by atoms with van der Waals surface area (Å²) in [7, 11) is 0. The summed E-state index contributed by atoms with van der Waals surface area (Å²) in [6.45, 7) is 5.17. The molecule has 0 spiro atoms. The molecule has 9 heteroatoms. The molecule has 0 radical (unpaired) electrons. The van der Waals surface area contributed by atoms with Gasteiger partial charge >= 0.3 is 0 Å². The van der Waals surface area contributed by atoms with Crippen molar-refractivity contribution in [3.05, 3.63) is 9.35 Å². The van der Waals surface area contributed by atoms with Gasteiger partial charge in [0.05, 0.1) is 15.3 Å². The molecule has 7 nitrogen and oxygen atoms in total. The van der Waals surface area contributed by atoms with Crippen molar-refractivity contribution in [2.45, 2.75) is 76.5 Å². The average molecular weight is 535 g/mol. The highest BCUT2D eigenvalue weighted by Gasteiger charge is 2.40. The van der Waals surface area contributed by atoms with Gasteiger partial charge in [0.25, 0.3) is 0 Å². The van der Waals surface area contributed by atoms with Crippen molar-refractivity contribution in [1.82, 2.24) is 14.9 Å². The van der Waals surface area contributed by atoms with Crippen LogP contribution >= 0.6 is 27.3 Å². The Morgan fingerprint density at radius 3 is 2.33 bits per heavy atom. The Labute approximate surface area is 207 Å². The molecule has 178 valence electrons. The summed E-state index contributed by atoms with van der Waals surface area (Å²) in [6, 6.07) is 0.688. The minimum absolute atomic E-state index is 0.202. The van der Waals surface area contributed by atoms with Gasteiger partial charge in [-0.3, -0.25) is 4.79 Å². The van der Waals surface area contributed by atoms with Crippen molar-refractivity contribution >= 4 is 55.2 Å². The van der Waals surface area contributed by atoms with E-state index in [0.29, 0.717) is 18.0 Å². The summed E-state index contributed by atoms with van der Waals surface area (Å²) in [5.41, 5.74) is 0.995. The van der Waals surface area contributed by atoms with Gasteiger partial charge in [0.2, 0.25) is 11.9 Å². The van der Waals surface area contributed by atoms with Crippen LogP contribution in [0.1, 0.15) is 56.2 Å². The number of aromatic nitrogens is 2. The number of aliphatic hydroxyl groups is 1. The smallest absolute Gasteiger partial charge is 0.228 e. The molecule has 2 atom stereocenters. The van der Waals surface area contributed by atoms with Gasteiger partial charge < -0.3 is 19.8 Å². The van der Waals surface area contributed by atoms with Crippen molar-refractivity contribution in [3.63, 3.8) is 0 Å². The maximum Gasteiger partial charge on any atom is 0.228 e. The molecule has 1 aliphatic carbocycles. The lowest BCUT2D eigenvalue weighted by atomic mass is 9.83. The molecule has 2 aromatic heterocycles. The van der Waals surface area contributed by atoms with E-state index in [1.807, 2.05) is 4.90 Å². The van der Waals surface area contributed by atoms with Gasteiger partial charge in [-0.15, -0.1) is 11.3 Å². The van der Waals surface area contributed by atoms with E-state index in [9.17, 15) is 9.90 Å². The first-order valence-corrected chi connectivity index (χ1v) is 14.1. The topological polar surface area (TPSA) is 72.8 Å². The second-order valence-corrected chi connectivity index (χ2v) is 12.2. The number of amides is 1. The fourth-order valence-electron chi connectivity index (χ4n) is 6.09. The van der Waals surface area contributed by atoms with E-state index in [0.717, 1.165) is 91.2 Å². The van der Waals surface area contributed by atoms with Crippen LogP contribution in [-0.2, 0) is 4.79 Å². The van der Waals surface area contributed by atoms with Crippen molar-refractivity contribution in [3.8, 4) is 0 Å². The molecule has 1 N–H and O–H groups in total. The standard InChI is InChI=1S/C24H32BrN5O2S/c1-14-19(25)20-21(33-14)22(30-16-6-3-7-17(30)13-18(31)12-16)27-24(26-20)29-10-8-28(9-11-29)23(32)15-4-2-5-15/h15-18,31H,2-13H2,1H3. The SMILES string of the molecule is Cc1sc2c(N3C4CCCC3CC(O)C4)nc(N3CCN(C(=O)C4CCC4)CC3)nc2c1Br. The molecule has 3 saturated heterocycles. The lowest BCUT2D eigenvalue weighted by molar-refractivity contribution is -0.138. The predicted molar refractivity (Wildman–Crippen MR) is 135 cm³/mol. The van der Waals surface area contributed by atoms with E-state index in [1.54, 1.807) is 11.3 Å². The van der Waals surface area contributed by atoms with Crippen LogP contribution < -0.4 is 9.80 Å². The van der Waals surface area contributed by atoms with Gasteiger partial charge in [-0.1, -0.05) is 6.42 Å². The number of carbonyl (C=O) groups is 1. The zero-order valence-electron chi connectivity index (χ0n) is 19.2. The maximum absolute atomic E-state index is 12.7. The van der Waals surface area contributed by atoms with Crippen LogP contribution in [0.4, 0.5) is 11.8 Å². The summed E-state index contributed by atoms with van der Waals surface area (Å²) >= 11 is 5.55. The highest BCUT2D eigenvalue weighted by Crippen LogP contribution is 2.45. The molecule has 1 saturated carbocycles. The highest BCUT2D eigenvalue weighted by molar-refractivity contribution is 9.10. The molecule has 4 fully saturated rings. The molecular formula is C24H32BrN5O2S. The van der Waals surface area contributed by atoms with Crippen LogP contribution in [0.15, 0.2) is 4.47 Å². The van der Waals surface area contributed by atoms with Crippen LogP contribution in [0.5, 0.6) is 0 Å². The van der Waals surface area contributed by atoms with Crippen LogP contribution in [-0.4, -0.2) is 70.2 Å². The molecule has 0 aromatic carbocycles. The summed E-state index contributed by atoms with van der Waals surface area (Å²) in [6.07, 6.45) is 8.20. The number of thiophene rings is 1. The summed E-state index contributed by atoms with van der Waals surface area (Å²) < 4.78 is 2.21. The van der Waals surface area contributed by atoms with E-state index in [1.165, 1.54) is 17.7 Å². The molecule has 4 aliphatic rings. The Hall–Kier alpha value is -1.45. The van der Waals surface area contributed by atoms with Gasteiger partial charge in [0.1, 0.15) is 5.52 Å². The van der Waals surface area contributed by atoms with Gasteiger partial charge in [0, 0.05) is 49.1 Å². The number of hydrogen-bond donors (Lipinski definition) is 1. The van der Waals surface area contributed by atoms with Gasteiger partial charge in [-0.25, -0.2) is 4.98 Å². The number of aryl methyl sites for hydroxylation is 1. The number of piperazine rings is 1. The number of carbonyl (C=O) groups excluding carboxylic acids is 1. The van der Waals surface area contributed by atoms with Crippen molar-refractivity contribution in [2.24, 2.45) is 5.92 Å². The van der Waals surface area contributed by atoms with Gasteiger partial charge in [-0.2, -0.15) is 4.98 Å². The number of halogens is 1. The fraction of sp³-hybridized carbons (Fsp3) is 0.708. The van der Waals surface area contributed by atoms with Crippen molar-refractivity contribution < 1.29 is 9.90 Å². The Balaban J connectivity index is 1.32. The van der Waals surface area contributed by atoms with Crippen LogP contribution in [0.2, 0.25) is 0 Å². The largest absolute Gasteiger partial charge is 0.393 e. The normalized spacial score (nSPS) is 28.3. The van der Waals surface area contributed by atoms with E-state index in [-0.39, 0.29) is 12.0 Å². The molecule has 2 bridgehead atoms. The predicted octanol–water partition coefficient (Wildman–Crippen LogP) is 4.09. The highest BCUT2D eigenvalue weighted by atomic mass is 79.9. The number of rotatable bonds is 3. The summed E-state index contributed by atoms with van der Waals surface area (Å²) in [5, 5.41) is 10.4. The number of hydrogen-bond acceptors (Lipinski definition) is 7. The molecule has 33 heavy (non-hydrogen) atoms. The summed E-state index contributed by atoms with van der Waals surface area (Å²) in [5.74, 6) is 2.42. The van der Waals surface area contributed by atoms with Crippen LogP contribution in [0.25, 0.3) is 10.2 Å². The number of fused-ring (bicyclic) bond motifs is 3. The number of anilines is 2. The molecule has 1 amide bonds. The fourth-order valence-corrected chi connectivity index (χ4v) is 7.73. The Bertz CT molecular complexity index is 1050. The molecule has 5 heterocycles. The van der Waals surface area contributed by atoms with Gasteiger partial charge in [0.15, 0.2) is 5.82 Å². The number of nitrogens with zero attached hydrogens (tertiary/aromatic N) is 5. The quantitative estimate of drug-likeness (QED) is 0.640. The Kier molecular flexibility index (Phi) is 5.77. The van der Waals surface area contributed by atoms with Gasteiger partial charge in [-0.05, 0) is 67.8 Å². The Morgan fingerprint density at radius 1 is 1.03 bits per heavy atom. The number of aliphatic hydroxyl groups excluding tert-OH is 1. The van der Waals surface area contributed by atoms with E-state index < -0.39 is 0 Å². The van der Waals surface area contributed by atoms with Crippen molar-refractivity contribution in [1.29, 1.82) is 0 Å². The second-order valence-electron chi connectivity index (χ2n) is 10.2. The molecule has 3 aliphatic heterocycles. The van der Waals surface area contributed by atoms with E-state index >= 15 is 0 Å². The third-order valence-corrected chi connectivity index (χ3v) is 10.5. The van der Waals surface area contributed by atoms with Crippen LogP contribution in [0, 0.1) is 12.8 Å². The average Bonchev–Trinajstić information content (AvgIpc) is 3.05. The summed E-state index contributed by atoms with van der Waals surface area (Å²) in [4.78, 5) is 30.9. The zero-order chi connectivity index (χ0) is 22.7. The third kappa shape index (κ3) is 3.84. The molecule has 2 unspecified atom stereocenters. The van der Waals surface area contributed by atoms with Crippen molar-refractivity contribution in [2.75, 3.05) is 36.0 Å². The zero-order valence-corrected chi connectivity index (χ0v) is 21.6. The number of piperidine rings is 2. The first-order valence-electron chi connectivity index (χ1n) is 12.5. The first kappa shape index (κ1) is 22.0. The minimum atomic E-state index is -0.202. The molecule has 2 aromatic rings. The lowest BCUT2D eigenvalue weighted by Gasteiger charge is -2.48. The minimum Gasteiger partial charge on any atom is -0.393 e. The van der Waals surface area contributed by atoms with E-state index in [4.69, 9.17) is 9.97 Å². The lowest BCUT2D eigenvalue weighted by Crippen LogP contribution is -2.54. The maximum atomic E-state index is 12.7. The second kappa shape index (κ2) is 8.64. The molecular weight excluding hydrogens is 502 g/mol. The Morgan fingerprint density at radius 2 is 1.70 bits per heavy atom. The van der Waals surface area contributed by atoms with E-state index in [2.05, 4.69) is 32.7 Å². The third-order valence-electron chi connectivity index (χ3n) is 8.13. The van der Waals surface area contributed by atoms with Crippen LogP contribution in [0.3, 0.4) is 0 Å².